The molecular formula is C16H12F2N2O. The first-order chi connectivity index (χ1) is 10.1. The predicted molar refractivity (Wildman–Crippen MR) is 76.1 cm³/mol. The first-order valence-corrected chi connectivity index (χ1v) is 6.55. The summed E-state index contributed by atoms with van der Waals surface area (Å²) in [7, 11) is 0. The predicted octanol–water partition coefficient (Wildman–Crippen LogP) is 2.99. The second kappa shape index (κ2) is 5.44. The third-order valence-electron chi connectivity index (χ3n) is 3.35. The maximum Gasteiger partial charge on any atom is 0.191 e. The molecule has 0 aliphatic carbocycles. The summed E-state index contributed by atoms with van der Waals surface area (Å²) in [4.78, 5) is 19.1. The van der Waals surface area contributed by atoms with Crippen LogP contribution in [0, 0.1) is 11.6 Å². The minimum atomic E-state index is -0.860. The highest BCUT2D eigenvalue weighted by Gasteiger charge is 2.08. The molecule has 2 aromatic heterocycles. The largest absolute Gasteiger partial charge is 0.343 e. The smallest absolute Gasteiger partial charge is 0.191 e. The highest BCUT2D eigenvalue weighted by Crippen LogP contribution is 2.14. The number of nitrogens with zero attached hydrogens (tertiary/aromatic N) is 1. The standard InChI is InChI=1S/C16H12F2N2O/c17-13-5-1-3-10(15(13)18)6-7-11-9-14(21)12-4-2-8-19-16(12)20-11/h1-5,8-9H,6-7H2,(H,19,20,21). The van der Waals surface area contributed by atoms with E-state index in [1.165, 1.54) is 18.2 Å². The molecule has 0 fully saturated rings. The van der Waals surface area contributed by atoms with E-state index in [2.05, 4.69) is 9.97 Å². The van der Waals surface area contributed by atoms with Gasteiger partial charge in [-0.2, -0.15) is 0 Å². The summed E-state index contributed by atoms with van der Waals surface area (Å²) < 4.78 is 26.7. The number of aromatic amines is 1. The summed E-state index contributed by atoms with van der Waals surface area (Å²) in [6.45, 7) is 0. The zero-order valence-electron chi connectivity index (χ0n) is 11.1. The molecule has 0 aliphatic heterocycles. The molecule has 106 valence electrons. The molecule has 0 amide bonds. The Balaban J connectivity index is 1.89. The number of fused-ring (bicyclic) bond motifs is 1. The molecule has 0 atom stereocenters. The second-order valence-corrected chi connectivity index (χ2v) is 4.77. The van der Waals surface area contributed by atoms with Gasteiger partial charge in [0.25, 0.3) is 0 Å². The number of aryl methyl sites for hydroxylation is 2. The Morgan fingerprint density at radius 2 is 1.95 bits per heavy atom. The summed E-state index contributed by atoms with van der Waals surface area (Å²) >= 11 is 0. The first-order valence-electron chi connectivity index (χ1n) is 6.55. The van der Waals surface area contributed by atoms with Crippen LogP contribution in [0.5, 0.6) is 0 Å². The maximum absolute atomic E-state index is 13.6. The van der Waals surface area contributed by atoms with Crippen LogP contribution in [0.3, 0.4) is 0 Å². The van der Waals surface area contributed by atoms with Gasteiger partial charge in [-0.1, -0.05) is 12.1 Å². The third-order valence-corrected chi connectivity index (χ3v) is 3.35. The summed E-state index contributed by atoms with van der Waals surface area (Å²) in [5.74, 6) is -1.69. The Morgan fingerprint density at radius 1 is 1.10 bits per heavy atom. The van der Waals surface area contributed by atoms with Crippen molar-refractivity contribution < 1.29 is 8.78 Å². The quantitative estimate of drug-likeness (QED) is 0.804. The van der Waals surface area contributed by atoms with Gasteiger partial charge in [-0.25, -0.2) is 13.8 Å². The lowest BCUT2D eigenvalue weighted by Gasteiger charge is -2.05. The molecule has 21 heavy (non-hydrogen) atoms. The van der Waals surface area contributed by atoms with E-state index in [1.807, 2.05) is 0 Å². The summed E-state index contributed by atoms with van der Waals surface area (Å²) in [5, 5.41) is 0.512. The van der Waals surface area contributed by atoms with Gasteiger partial charge in [0.05, 0.1) is 5.39 Å². The van der Waals surface area contributed by atoms with Crippen LogP contribution in [-0.4, -0.2) is 9.97 Å². The van der Waals surface area contributed by atoms with E-state index in [4.69, 9.17) is 0 Å². The lowest BCUT2D eigenvalue weighted by atomic mass is 10.1. The molecule has 0 bridgehead atoms. The Hall–Kier alpha value is -2.56. The Morgan fingerprint density at radius 3 is 2.81 bits per heavy atom. The fraction of sp³-hybridized carbons (Fsp3) is 0.125. The van der Waals surface area contributed by atoms with Gasteiger partial charge in [0.2, 0.25) is 0 Å². The van der Waals surface area contributed by atoms with Crippen molar-refractivity contribution in [3.05, 3.63) is 75.7 Å². The van der Waals surface area contributed by atoms with Crippen molar-refractivity contribution in [3.63, 3.8) is 0 Å². The van der Waals surface area contributed by atoms with Crippen molar-refractivity contribution in [1.82, 2.24) is 9.97 Å². The number of rotatable bonds is 3. The zero-order valence-corrected chi connectivity index (χ0v) is 11.1. The second-order valence-electron chi connectivity index (χ2n) is 4.77. The zero-order chi connectivity index (χ0) is 14.8. The number of nitrogens with one attached hydrogen (secondary N) is 1. The fourth-order valence-electron chi connectivity index (χ4n) is 2.27. The van der Waals surface area contributed by atoms with E-state index in [1.54, 1.807) is 18.3 Å². The van der Waals surface area contributed by atoms with E-state index >= 15 is 0 Å². The highest BCUT2D eigenvalue weighted by molar-refractivity contribution is 5.73. The molecule has 3 nitrogen and oxygen atoms in total. The maximum atomic E-state index is 13.6. The van der Waals surface area contributed by atoms with Crippen molar-refractivity contribution in [2.45, 2.75) is 12.8 Å². The van der Waals surface area contributed by atoms with E-state index < -0.39 is 11.6 Å². The SMILES string of the molecule is O=c1cc(CCc2cccc(F)c2F)[nH]c2ncccc12. The van der Waals surface area contributed by atoms with Crippen LogP contribution in [0.25, 0.3) is 11.0 Å². The van der Waals surface area contributed by atoms with Gasteiger partial charge in [0.15, 0.2) is 17.1 Å². The van der Waals surface area contributed by atoms with Crippen molar-refractivity contribution in [1.29, 1.82) is 0 Å². The normalized spacial score (nSPS) is 11.0. The minimum absolute atomic E-state index is 0.133. The topological polar surface area (TPSA) is 45.8 Å². The Kier molecular flexibility index (Phi) is 3.48. The molecule has 2 heterocycles. The van der Waals surface area contributed by atoms with Gasteiger partial charge in [0.1, 0.15) is 5.65 Å². The van der Waals surface area contributed by atoms with Crippen molar-refractivity contribution in [2.75, 3.05) is 0 Å². The molecule has 1 aromatic carbocycles. The number of halogens is 2. The Labute approximate surface area is 119 Å². The van der Waals surface area contributed by atoms with Crippen molar-refractivity contribution in [3.8, 4) is 0 Å². The third kappa shape index (κ3) is 2.67. The molecule has 1 N–H and O–H groups in total. The van der Waals surface area contributed by atoms with E-state index in [-0.39, 0.29) is 11.0 Å². The van der Waals surface area contributed by atoms with Crippen LogP contribution >= 0.6 is 0 Å². The first kappa shape index (κ1) is 13.4. The van der Waals surface area contributed by atoms with Gasteiger partial charge < -0.3 is 4.98 Å². The lowest BCUT2D eigenvalue weighted by Crippen LogP contribution is -2.07. The molecule has 0 unspecified atom stereocenters. The summed E-state index contributed by atoms with van der Waals surface area (Å²) in [6.07, 6.45) is 2.30. The highest BCUT2D eigenvalue weighted by atomic mass is 19.2. The van der Waals surface area contributed by atoms with Gasteiger partial charge in [-0.15, -0.1) is 0 Å². The van der Waals surface area contributed by atoms with Gasteiger partial charge in [0, 0.05) is 18.0 Å². The van der Waals surface area contributed by atoms with Crippen molar-refractivity contribution >= 4 is 11.0 Å². The Bertz CT molecular complexity index is 858. The van der Waals surface area contributed by atoms with Crippen LogP contribution in [-0.2, 0) is 12.8 Å². The molecule has 0 saturated carbocycles. The molecule has 3 rings (SSSR count). The molecule has 5 heteroatoms. The molecular weight excluding hydrogens is 274 g/mol. The molecule has 0 aliphatic rings. The number of aromatic nitrogens is 2. The number of H-pyrrole nitrogens is 1. The van der Waals surface area contributed by atoms with Gasteiger partial charge in [-0.05, 0) is 36.6 Å². The van der Waals surface area contributed by atoms with Crippen LogP contribution in [0.1, 0.15) is 11.3 Å². The van der Waals surface area contributed by atoms with Gasteiger partial charge in [-0.3, -0.25) is 4.79 Å². The fourth-order valence-corrected chi connectivity index (χ4v) is 2.27. The van der Waals surface area contributed by atoms with Crippen LogP contribution in [0.2, 0.25) is 0 Å². The summed E-state index contributed by atoms with van der Waals surface area (Å²) in [6, 6.07) is 8.95. The summed E-state index contributed by atoms with van der Waals surface area (Å²) in [5.41, 5.74) is 1.30. The minimum Gasteiger partial charge on any atom is -0.343 e. The molecule has 0 saturated heterocycles. The van der Waals surface area contributed by atoms with E-state index in [9.17, 15) is 13.6 Å². The monoisotopic (exact) mass is 286 g/mol. The number of hydrogen-bond acceptors (Lipinski definition) is 2. The number of benzene rings is 1. The van der Waals surface area contributed by atoms with Crippen molar-refractivity contribution in [2.24, 2.45) is 0 Å². The van der Waals surface area contributed by atoms with Crippen LogP contribution < -0.4 is 5.43 Å². The van der Waals surface area contributed by atoms with Gasteiger partial charge >= 0.3 is 0 Å². The lowest BCUT2D eigenvalue weighted by molar-refractivity contribution is 0.498. The molecule has 0 radical (unpaired) electrons. The number of pyridine rings is 2. The number of hydrogen-bond donors (Lipinski definition) is 1. The average Bonchev–Trinajstić information content (AvgIpc) is 2.49. The van der Waals surface area contributed by atoms with E-state index in [0.29, 0.717) is 29.6 Å². The van der Waals surface area contributed by atoms with Crippen LogP contribution in [0.15, 0.2) is 47.4 Å². The average molecular weight is 286 g/mol. The van der Waals surface area contributed by atoms with E-state index in [0.717, 1.165) is 6.07 Å². The molecule has 0 spiro atoms. The van der Waals surface area contributed by atoms with Crippen LogP contribution in [0.4, 0.5) is 8.78 Å². The molecule has 3 aromatic rings.